The first-order valence-electron chi connectivity index (χ1n) is 6.24. The molecule has 1 aromatic heterocycles. The molecule has 1 aliphatic rings. The number of aryl methyl sites for hydroxylation is 1. The third-order valence-corrected chi connectivity index (χ3v) is 3.25. The zero-order valence-corrected chi connectivity index (χ0v) is 10.4. The number of rotatable bonds is 3. The first-order valence-corrected chi connectivity index (χ1v) is 6.24. The maximum atomic E-state index is 8.88. The van der Waals surface area contributed by atoms with Gasteiger partial charge in [-0.05, 0) is 48.7 Å². The monoisotopic (exact) mass is 254 g/mol. The zero-order chi connectivity index (χ0) is 13.1. The summed E-state index contributed by atoms with van der Waals surface area (Å²) < 4.78 is 5.72. The second-order valence-corrected chi connectivity index (χ2v) is 4.48. The smallest absolute Gasteiger partial charge is 0.130 e. The van der Waals surface area contributed by atoms with Gasteiger partial charge in [0.1, 0.15) is 12.4 Å². The lowest BCUT2D eigenvalue weighted by Gasteiger charge is -2.07. The van der Waals surface area contributed by atoms with Gasteiger partial charge in [0.25, 0.3) is 0 Å². The van der Waals surface area contributed by atoms with Gasteiger partial charge in [-0.15, -0.1) is 0 Å². The highest BCUT2D eigenvalue weighted by Crippen LogP contribution is 2.27. The molecule has 0 aliphatic heterocycles. The number of benzene rings is 1. The van der Waals surface area contributed by atoms with Crippen LogP contribution in [0.4, 0.5) is 0 Å². The Morgan fingerprint density at radius 3 is 2.95 bits per heavy atom. The number of fused-ring (bicyclic) bond motifs is 1. The van der Waals surface area contributed by atoms with E-state index < -0.39 is 0 Å². The maximum Gasteiger partial charge on any atom is 0.130 e. The van der Waals surface area contributed by atoms with Crippen LogP contribution in [0.15, 0.2) is 47.8 Å². The van der Waals surface area contributed by atoms with Crippen LogP contribution in [0.3, 0.4) is 0 Å². The molecule has 0 saturated carbocycles. The SMILES string of the molecule is O/N=C1/CCc2cc(OCc3ccccn3)ccc21. The van der Waals surface area contributed by atoms with E-state index in [0.29, 0.717) is 6.61 Å². The van der Waals surface area contributed by atoms with Crippen LogP contribution >= 0.6 is 0 Å². The van der Waals surface area contributed by atoms with E-state index in [4.69, 9.17) is 9.94 Å². The van der Waals surface area contributed by atoms with E-state index in [-0.39, 0.29) is 0 Å². The van der Waals surface area contributed by atoms with Crippen LogP contribution in [0, 0.1) is 0 Å². The molecule has 1 N–H and O–H groups in total. The van der Waals surface area contributed by atoms with E-state index in [1.54, 1.807) is 6.20 Å². The van der Waals surface area contributed by atoms with Gasteiger partial charge < -0.3 is 9.94 Å². The van der Waals surface area contributed by atoms with Crippen molar-refractivity contribution in [3.63, 3.8) is 0 Å². The molecule has 3 rings (SSSR count). The highest BCUT2D eigenvalue weighted by molar-refractivity contribution is 6.04. The summed E-state index contributed by atoms with van der Waals surface area (Å²) in [6.07, 6.45) is 3.44. The molecule has 0 bridgehead atoms. The van der Waals surface area contributed by atoms with E-state index in [2.05, 4.69) is 10.1 Å². The number of hydrogen-bond acceptors (Lipinski definition) is 4. The molecule has 0 saturated heterocycles. The van der Waals surface area contributed by atoms with Crippen LogP contribution in [0.5, 0.6) is 5.75 Å². The molecule has 1 heterocycles. The Balaban J connectivity index is 1.74. The Morgan fingerprint density at radius 2 is 2.16 bits per heavy atom. The molecule has 4 nitrogen and oxygen atoms in total. The molecule has 0 radical (unpaired) electrons. The minimum absolute atomic E-state index is 0.459. The number of aromatic nitrogens is 1. The molecule has 2 aromatic rings. The fourth-order valence-electron chi connectivity index (χ4n) is 2.28. The van der Waals surface area contributed by atoms with Crippen molar-refractivity contribution >= 4 is 5.71 Å². The van der Waals surface area contributed by atoms with E-state index >= 15 is 0 Å². The van der Waals surface area contributed by atoms with Crippen LogP contribution in [0.25, 0.3) is 0 Å². The first kappa shape index (κ1) is 11.7. The summed E-state index contributed by atoms with van der Waals surface area (Å²) in [5, 5.41) is 12.2. The summed E-state index contributed by atoms with van der Waals surface area (Å²) in [7, 11) is 0. The fourth-order valence-corrected chi connectivity index (χ4v) is 2.28. The van der Waals surface area contributed by atoms with Crippen molar-refractivity contribution in [3.05, 3.63) is 59.4 Å². The fraction of sp³-hybridized carbons (Fsp3) is 0.200. The summed E-state index contributed by atoms with van der Waals surface area (Å²) in [6, 6.07) is 11.6. The van der Waals surface area contributed by atoms with Gasteiger partial charge in [0.15, 0.2) is 0 Å². The largest absolute Gasteiger partial charge is 0.487 e. The van der Waals surface area contributed by atoms with Crippen LogP contribution in [0.2, 0.25) is 0 Å². The minimum atomic E-state index is 0.459. The average molecular weight is 254 g/mol. The Bertz CT molecular complexity index is 609. The van der Waals surface area contributed by atoms with Gasteiger partial charge in [-0.2, -0.15) is 0 Å². The molecule has 1 aliphatic carbocycles. The number of ether oxygens (including phenoxy) is 1. The highest BCUT2D eigenvalue weighted by Gasteiger charge is 2.18. The van der Waals surface area contributed by atoms with Crippen LogP contribution in [-0.4, -0.2) is 15.9 Å². The lowest BCUT2D eigenvalue weighted by molar-refractivity contribution is 0.301. The zero-order valence-electron chi connectivity index (χ0n) is 10.4. The molecule has 0 atom stereocenters. The number of nitrogens with zero attached hydrogens (tertiary/aromatic N) is 2. The molecule has 0 unspecified atom stereocenters. The van der Waals surface area contributed by atoms with Crippen LogP contribution in [0.1, 0.15) is 23.2 Å². The Hall–Kier alpha value is -2.36. The standard InChI is InChI=1S/C15H14N2O2/c18-17-15-7-4-11-9-13(5-6-14(11)15)19-10-12-3-1-2-8-16-12/h1-3,5-6,8-9,18H,4,7,10H2/b17-15-. The van der Waals surface area contributed by atoms with Crippen molar-refractivity contribution in [1.29, 1.82) is 0 Å². The molecule has 96 valence electrons. The second kappa shape index (κ2) is 5.10. The summed E-state index contributed by atoms with van der Waals surface area (Å²) in [5.74, 6) is 0.823. The highest BCUT2D eigenvalue weighted by atomic mass is 16.5. The molecule has 19 heavy (non-hydrogen) atoms. The maximum absolute atomic E-state index is 8.88. The number of pyridine rings is 1. The van der Waals surface area contributed by atoms with Crippen molar-refractivity contribution in [2.75, 3.05) is 0 Å². The molecule has 0 spiro atoms. The predicted molar refractivity (Wildman–Crippen MR) is 71.7 cm³/mol. The Morgan fingerprint density at radius 1 is 1.21 bits per heavy atom. The lowest BCUT2D eigenvalue weighted by Crippen LogP contribution is -1.99. The summed E-state index contributed by atoms with van der Waals surface area (Å²) in [5.41, 5.74) is 3.85. The van der Waals surface area contributed by atoms with E-state index in [1.165, 1.54) is 5.56 Å². The van der Waals surface area contributed by atoms with Gasteiger partial charge in [-0.3, -0.25) is 4.98 Å². The molecular weight excluding hydrogens is 240 g/mol. The number of hydrogen-bond donors (Lipinski definition) is 1. The van der Waals surface area contributed by atoms with Gasteiger partial charge in [0.2, 0.25) is 0 Å². The lowest BCUT2D eigenvalue weighted by atomic mass is 10.1. The third kappa shape index (κ3) is 2.42. The second-order valence-electron chi connectivity index (χ2n) is 4.48. The molecule has 0 fully saturated rings. The van der Waals surface area contributed by atoms with Gasteiger partial charge in [-0.1, -0.05) is 11.2 Å². The van der Waals surface area contributed by atoms with Gasteiger partial charge >= 0.3 is 0 Å². The first-order chi connectivity index (χ1) is 9.36. The summed E-state index contributed by atoms with van der Waals surface area (Å²) in [6.45, 7) is 0.459. The van der Waals surface area contributed by atoms with Crippen LogP contribution < -0.4 is 4.74 Å². The van der Waals surface area contributed by atoms with Crippen molar-refractivity contribution in [2.45, 2.75) is 19.4 Å². The number of oxime groups is 1. The molecular formula is C15H14N2O2. The Kier molecular flexibility index (Phi) is 3.14. The van der Waals surface area contributed by atoms with E-state index in [1.807, 2.05) is 36.4 Å². The van der Waals surface area contributed by atoms with Crippen molar-refractivity contribution in [3.8, 4) is 5.75 Å². The molecule has 4 heteroatoms. The van der Waals surface area contributed by atoms with Gasteiger partial charge in [0, 0.05) is 11.8 Å². The van der Waals surface area contributed by atoms with Gasteiger partial charge in [0.05, 0.1) is 11.4 Å². The summed E-state index contributed by atoms with van der Waals surface area (Å²) >= 11 is 0. The topological polar surface area (TPSA) is 54.7 Å². The minimum Gasteiger partial charge on any atom is -0.487 e. The van der Waals surface area contributed by atoms with E-state index in [9.17, 15) is 0 Å². The third-order valence-electron chi connectivity index (χ3n) is 3.25. The van der Waals surface area contributed by atoms with Gasteiger partial charge in [-0.25, -0.2) is 0 Å². The van der Waals surface area contributed by atoms with E-state index in [0.717, 1.165) is 35.6 Å². The normalized spacial score (nSPS) is 15.5. The predicted octanol–water partition coefficient (Wildman–Crippen LogP) is 2.79. The Labute approximate surface area is 111 Å². The summed E-state index contributed by atoms with van der Waals surface area (Å²) in [4.78, 5) is 4.21. The van der Waals surface area contributed by atoms with Crippen molar-refractivity contribution < 1.29 is 9.94 Å². The molecule has 0 amide bonds. The average Bonchev–Trinajstić information content (AvgIpc) is 2.88. The molecule has 1 aromatic carbocycles. The van der Waals surface area contributed by atoms with Crippen LogP contribution in [-0.2, 0) is 13.0 Å². The van der Waals surface area contributed by atoms with Crippen molar-refractivity contribution in [1.82, 2.24) is 4.98 Å². The quantitative estimate of drug-likeness (QED) is 0.677. The van der Waals surface area contributed by atoms with Crippen molar-refractivity contribution in [2.24, 2.45) is 5.16 Å².